The molecule has 25 heavy (non-hydrogen) atoms. The molecule has 0 aromatic carbocycles. The maximum atomic E-state index is 12.6. The lowest BCUT2D eigenvalue weighted by molar-refractivity contribution is -0.141. The van der Waals surface area contributed by atoms with Gasteiger partial charge in [-0.25, -0.2) is 9.97 Å². The van der Waals surface area contributed by atoms with E-state index in [0.29, 0.717) is 30.3 Å². The lowest BCUT2D eigenvalue weighted by atomic mass is 10.2. The van der Waals surface area contributed by atoms with Gasteiger partial charge in [0.15, 0.2) is 5.96 Å². The van der Waals surface area contributed by atoms with Crippen LogP contribution in [0.1, 0.15) is 25.0 Å². The Hall–Kier alpha value is -1.71. The zero-order valence-corrected chi connectivity index (χ0v) is 15.0. The van der Waals surface area contributed by atoms with Gasteiger partial charge in [0.25, 0.3) is 0 Å². The molecule has 6 nitrogen and oxygen atoms in total. The van der Waals surface area contributed by atoms with Gasteiger partial charge in [0.1, 0.15) is 5.69 Å². The molecule has 2 rings (SSSR count). The fourth-order valence-electron chi connectivity index (χ4n) is 2.63. The zero-order chi connectivity index (χ0) is 18.3. The third-order valence-corrected chi connectivity index (χ3v) is 5.02. The molecule has 140 valence electrons. The monoisotopic (exact) mass is 376 g/mol. The van der Waals surface area contributed by atoms with Gasteiger partial charge >= 0.3 is 6.18 Å². The van der Waals surface area contributed by atoms with E-state index >= 15 is 0 Å². The Bertz CT molecular complexity index is 581. The van der Waals surface area contributed by atoms with Crippen LogP contribution < -0.4 is 16.0 Å². The summed E-state index contributed by atoms with van der Waals surface area (Å²) in [5.41, 5.74) is -0.958. The Morgan fingerprint density at radius 1 is 1.36 bits per heavy atom. The third kappa shape index (κ3) is 6.26. The second-order valence-electron chi connectivity index (χ2n) is 5.70. The molecule has 1 aliphatic carbocycles. The summed E-state index contributed by atoms with van der Waals surface area (Å²) in [6, 6.07) is 1.25. The molecular weight excluding hydrogens is 353 g/mol. The Morgan fingerprint density at radius 3 is 2.80 bits per heavy atom. The topological polar surface area (TPSA) is 74.2 Å². The van der Waals surface area contributed by atoms with Crippen LogP contribution in [0, 0.1) is 0 Å². The molecule has 0 bridgehead atoms. The minimum atomic E-state index is -4.47. The van der Waals surface area contributed by atoms with Crippen LogP contribution >= 0.6 is 11.8 Å². The van der Waals surface area contributed by atoms with Crippen molar-refractivity contribution in [3.63, 3.8) is 0 Å². The number of nitrogens with one attached hydrogen (secondary N) is 3. The van der Waals surface area contributed by atoms with Crippen molar-refractivity contribution in [1.82, 2.24) is 20.6 Å². The number of guanidine groups is 1. The summed E-state index contributed by atoms with van der Waals surface area (Å²) in [5.74, 6) is 0.650. The maximum absolute atomic E-state index is 12.6. The van der Waals surface area contributed by atoms with E-state index in [1.165, 1.54) is 6.42 Å². The first kappa shape index (κ1) is 19.6. The first-order valence-electron chi connectivity index (χ1n) is 8.06. The lowest BCUT2D eigenvalue weighted by Gasteiger charge is -2.17. The van der Waals surface area contributed by atoms with E-state index in [2.05, 4.69) is 37.2 Å². The molecule has 1 heterocycles. The van der Waals surface area contributed by atoms with E-state index in [-0.39, 0.29) is 5.95 Å². The number of hydrogen-bond acceptors (Lipinski definition) is 5. The van der Waals surface area contributed by atoms with Gasteiger partial charge in [-0.3, -0.25) is 4.99 Å². The van der Waals surface area contributed by atoms with Gasteiger partial charge in [0.2, 0.25) is 5.95 Å². The zero-order valence-electron chi connectivity index (χ0n) is 14.2. The third-order valence-electron chi connectivity index (χ3n) is 3.93. The Morgan fingerprint density at radius 2 is 2.16 bits per heavy atom. The van der Waals surface area contributed by atoms with Gasteiger partial charge in [-0.1, -0.05) is 0 Å². The fourth-order valence-corrected chi connectivity index (χ4v) is 3.43. The molecule has 1 aromatic heterocycles. The van der Waals surface area contributed by atoms with Gasteiger partial charge in [0, 0.05) is 37.6 Å². The first-order chi connectivity index (χ1) is 11.9. The normalized spacial score (nSPS) is 21.2. The first-order valence-corrected chi connectivity index (χ1v) is 9.35. The highest BCUT2D eigenvalue weighted by atomic mass is 32.2. The van der Waals surface area contributed by atoms with Gasteiger partial charge in [-0.2, -0.15) is 24.9 Å². The molecule has 0 saturated heterocycles. The molecule has 2 atom stereocenters. The summed E-state index contributed by atoms with van der Waals surface area (Å²) < 4.78 is 37.8. The molecule has 1 aliphatic rings. The number of aliphatic imine (C=N–C) groups is 1. The molecule has 0 amide bonds. The highest BCUT2D eigenvalue weighted by molar-refractivity contribution is 7.99. The summed E-state index contributed by atoms with van der Waals surface area (Å²) in [4.78, 5) is 11.4. The van der Waals surface area contributed by atoms with Crippen molar-refractivity contribution >= 4 is 23.7 Å². The summed E-state index contributed by atoms with van der Waals surface area (Å²) in [6.45, 7) is 0.859. The predicted molar refractivity (Wildman–Crippen MR) is 95.0 cm³/mol. The number of alkyl halides is 3. The van der Waals surface area contributed by atoms with Crippen molar-refractivity contribution in [3.8, 4) is 0 Å². The largest absolute Gasteiger partial charge is 0.433 e. The number of nitrogens with zero attached hydrogens (tertiary/aromatic N) is 3. The van der Waals surface area contributed by atoms with Crippen LogP contribution in [0.5, 0.6) is 0 Å². The highest BCUT2D eigenvalue weighted by Gasteiger charge is 2.32. The van der Waals surface area contributed by atoms with Crippen LogP contribution in [0.15, 0.2) is 17.3 Å². The lowest BCUT2D eigenvalue weighted by Crippen LogP contribution is -2.44. The van der Waals surface area contributed by atoms with Gasteiger partial charge in [0.05, 0.1) is 0 Å². The highest BCUT2D eigenvalue weighted by Crippen LogP contribution is 2.28. The van der Waals surface area contributed by atoms with E-state index in [0.717, 1.165) is 25.1 Å². The smallest absolute Gasteiger partial charge is 0.355 e. The molecule has 0 spiro atoms. The Balaban J connectivity index is 1.73. The molecule has 0 radical (unpaired) electrons. The van der Waals surface area contributed by atoms with Crippen LogP contribution in [0.3, 0.4) is 0 Å². The number of thioether (sulfide) groups is 1. The number of aromatic nitrogens is 2. The predicted octanol–water partition coefficient (Wildman–Crippen LogP) is 2.36. The van der Waals surface area contributed by atoms with Crippen LogP contribution in [-0.2, 0) is 6.18 Å². The molecular formula is C15H23F3N6S. The minimum Gasteiger partial charge on any atom is -0.355 e. The van der Waals surface area contributed by atoms with Crippen molar-refractivity contribution in [2.45, 2.75) is 36.7 Å². The summed E-state index contributed by atoms with van der Waals surface area (Å²) in [6.07, 6.45) is 2.17. The van der Waals surface area contributed by atoms with E-state index in [1.807, 2.05) is 11.8 Å². The number of anilines is 1. The van der Waals surface area contributed by atoms with Crippen molar-refractivity contribution in [1.29, 1.82) is 0 Å². The molecule has 0 aliphatic heterocycles. The van der Waals surface area contributed by atoms with Crippen molar-refractivity contribution in [3.05, 3.63) is 18.0 Å². The van der Waals surface area contributed by atoms with E-state index < -0.39 is 11.9 Å². The van der Waals surface area contributed by atoms with Crippen LogP contribution in [0.2, 0.25) is 0 Å². The molecule has 3 N–H and O–H groups in total. The molecule has 2 unspecified atom stereocenters. The van der Waals surface area contributed by atoms with E-state index in [9.17, 15) is 13.2 Å². The second-order valence-corrected chi connectivity index (χ2v) is 6.84. The summed E-state index contributed by atoms with van der Waals surface area (Å²) in [5, 5.41) is 9.98. The average molecular weight is 376 g/mol. The van der Waals surface area contributed by atoms with Crippen molar-refractivity contribution < 1.29 is 13.2 Å². The number of hydrogen-bond donors (Lipinski definition) is 3. The van der Waals surface area contributed by atoms with E-state index in [4.69, 9.17) is 0 Å². The SMILES string of the molecule is CN=C(NCCNc1nccc(C(F)(F)F)n1)NC1CCC(SC)C1. The van der Waals surface area contributed by atoms with Crippen molar-refractivity contribution in [2.24, 2.45) is 4.99 Å². The van der Waals surface area contributed by atoms with Crippen LogP contribution in [0.25, 0.3) is 0 Å². The van der Waals surface area contributed by atoms with Gasteiger partial charge in [-0.05, 0) is 31.6 Å². The number of halogens is 3. The molecule has 10 heteroatoms. The van der Waals surface area contributed by atoms with Crippen molar-refractivity contribution in [2.75, 3.05) is 31.7 Å². The number of rotatable bonds is 6. The Kier molecular flexibility index (Phi) is 7.15. The van der Waals surface area contributed by atoms with Crippen LogP contribution in [0.4, 0.5) is 19.1 Å². The second kappa shape index (κ2) is 9.12. The fraction of sp³-hybridized carbons (Fsp3) is 0.667. The summed E-state index contributed by atoms with van der Waals surface area (Å²) in [7, 11) is 1.69. The van der Waals surface area contributed by atoms with E-state index in [1.54, 1.807) is 7.05 Å². The maximum Gasteiger partial charge on any atom is 0.433 e. The molecule has 1 fully saturated rings. The minimum absolute atomic E-state index is 0.0434. The standard InChI is InChI=1S/C15H23F3N6S/c1-19-13(23-10-3-4-11(9-10)25-2)21-7-8-22-14-20-6-5-12(24-14)15(16,17)18/h5-6,10-11H,3-4,7-9H2,1-2H3,(H2,19,21,23)(H,20,22,24). The Labute approximate surface area is 149 Å². The van der Waals surface area contributed by atoms with Gasteiger partial charge in [-0.15, -0.1) is 0 Å². The average Bonchev–Trinajstić information content (AvgIpc) is 3.04. The summed E-state index contributed by atoms with van der Waals surface area (Å²) >= 11 is 1.89. The van der Waals surface area contributed by atoms with Gasteiger partial charge < -0.3 is 16.0 Å². The quantitative estimate of drug-likeness (QED) is 0.402. The molecule has 1 saturated carbocycles. The molecule has 1 aromatic rings. The van der Waals surface area contributed by atoms with Crippen LogP contribution in [-0.4, -0.2) is 53.6 Å².